The van der Waals surface area contributed by atoms with Gasteiger partial charge in [0.05, 0.1) is 16.8 Å². The minimum absolute atomic E-state index is 0.0319. The van der Waals surface area contributed by atoms with Crippen LogP contribution in [0.2, 0.25) is 0 Å². The normalized spacial score (nSPS) is 21.0. The molecule has 2 aliphatic rings. The van der Waals surface area contributed by atoms with Crippen LogP contribution < -0.4 is 20.1 Å². The number of piperidine rings is 1. The monoisotopic (exact) mass is 697 g/mol. The van der Waals surface area contributed by atoms with Gasteiger partial charge >= 0.3 is 0 Å². The summed E-state index contributed by atoms with van der Waals surface area (Å²) in [6.07, 6.45) is 1.87. The Labute approximate surface area is 293 Å². The molecule has 0 bridgehead atoms. The number of ether oxygens (including phenoxy) is 2. The van der Waals surface area contributed by atoms with Crippen LogP contribution >= 0.6 is 0 Å². The summed E-state index contributed by atoms with van der Waals surface area (Å²) in [5, 5.41) is 17.6. The number of carbonyl (C=O) groups excluding carboxylic acids is 1. The number of amides is 1. The van der Waals surface area contributed by atoms with Crippen LogP contribution in [0.1, 0.15) is 82.3 Å². The van der Waals surface area contributed by atoms with E-state index in [0.717, 1.165) is 32.0 Å². The molecule has 0 radical (unpaired) electrons. The number of aliphatic imine (C=N–C) groups is 2. The highest BCUT2D eigenvalue weighted by Gasteiger charge is 2.44. The van der Waals surface area contributed by atoms with E-state index >= 15 is 13.2 Å². The highest BCUT2D eigenvalue weighted by molar-refractivity contribution is 6.07. The fourth-order valence-corrected chi connectivity index (χ4v) is 6.00. The zero-order valence-corrected chi connectivity index (χ0v) is 30.3. The van der Waals surface area contributed by atoms with Gasteiger partial charge in [-0.25, -0.2) is 18.2 Å². The summed E-state index contributed by atoms with van der Waals surface area (Å²) in [6.45, 7) is 20.6. The molecule has 2 aromatic rings. The number of allylic oxidation sites excluding steroid dienone is 1. The SMILES string of the molecule is C=C(CC)C(=Nc1cc(F)c(C(=O)NC2CCN(C)CC2)cc1C)N=C(Oc1cccc2c1C(C)(O)NC(C)(C)CO2)C(C)C(F)(F)C(=C)C. The number of amidine groups is 1. The van der Waals surface area contributed by atoms with Crippen LogP contribution in [0.25, 0.3) is 0 Å². The van der Waals surface area contributed by atoms with E-state index in [-0.39, 0.29) is 41.0 Å². The summed E-state index contributed by atoms with van der Waals surface area (Å²) in [6, 6.07) is 7.29. The molecule has 0 saturated carbocycles. The second kappa shape index (κ2) is 15.1. The van der Waals surface area contributed by atoms with Gasteiger partial charge in [0.15, 0.2) is 5.84 Å². The first-order valence-electron chi connectivity index (χ1n) is 16.9. The third-order valence-corrected chi connectivity index (χ3v) is 9.11. The van der Waals surface area contributed by atoms with E-state index in [4.69, 9.17) is 9.47 Å². The molecule has 2 heterocycles. The second-order valence-electron chi connectivity index (χ2n) is 14.2. The topological polar surface area (TPSA) is 108 Å². The van der Waals surface area contributed by atoms with Gasteiger partial charge in [0.1, 0.15) is 35.6 Å². The molecule has 0 aromatic heterocycles. The van der Waals surface area contributed by atoms with Gasteiger partial charge in [-0.1, -0.05) is 26.1 Å². The van der Waals surface area contributed by atoms with Gasteiger partial charge in [0.2, 0.25) is 5.90 Å². The largest absolute Gasteiger partial charge is 0.491 e. The van der Waals surface area contributed by atoms with Crippen molar-refractivity contribution in [2.24, 2.45) is 15.9 Å². The van der Waals surface area contributed by atoms with Crippen LogP contribution in [0.3, 0.4) is 0 Å². The average Bonchev–Trinajstić information content (AvgIpc) is 3.13. The average molecular weight is 698 g/mol. The number of likely N-dealkylation sites (tertiary alicyclic amines) is 1. The number of nitrogens with one attached hydrogen (secondary N) is 2. The molecule has 0 aliphatic carbocycles. The number of benzene rings is 2. The van der Waals surface area contributed by atoms with Gasteiger partial charge in [-0.15, -0.1) is 0 Å². The minimum Gasteiger partial charge on any atom is -0.491 e. The lowest BCUT2D eigenvalue weighted by molar-refractivity contribution is -0.00725. The summed E-state index contributed by atoms with van der Waals surface area (Å²) < 4.78 is 59.0. The summed E-state index contributed by atoms with van der Waals surface area (Å²) in [5.74, 6) is -6.59. The first-order valence-corrected chi connectivity index (χ1v) is 16.9. The lowest BCUT2D eigenvalue weighted by Gasteiger charge is -2.33. The van der Waals surface area contributed by atoms with Crippen molar-refractivity contribution in [2.45, 2.75) is 91.0 Å². The number of nitrogens with zero attached hydrogens (tertiary/aromatic N) is 3. The molecule has 1 saturated heterocycles. The number of hydrogen-bond acceptors (Lipinski definition) is 7. The van der Waals surface area contributed by atoms with E-state index in [1.54, 1.807) is 26.0 Å². The van der Waals surface area contributed by atoms with Crippen molar-refractivity contribution >= 4 is 23.3 Å². The van der Waals surface area contributed by atoms with E-state index in [9.17, 15) is 9.90 Å². The predicted octanol–water partition coefficient (Wildman–Crippen LogP) is 7.20. The Morgan fingerprint density at radius 2 is 1.90 bits per heavy atom. The maximum atomic E-state index is 15.6. The Balaban J connectivity index is 1.80. The number of halogens is 3. The maximum Gasteiger partial charge on any atom is 0.279 e. The molecule has 3 N–H and O–H groups in total. The number of aryl methyl sites for hydroxylation is 1. The molecule has 2 unspecified atom stereocenters. The fourth-order valence-electron chi connectivity index (χ4n) is 6.00. The lowest BCUT2D eigenvalue weighted by atomic mass is 9.96. The maximum absolute atomic E-state index is 15.6. The third kappa shape index (κ3) is 8.83. The third-order valence-electron chi connectivity index (χ3n) is 9.11. The van der Waals surface area contributed by atoms with Crippen LogP contribution in [-0.4, -0.2) is 71.9 Å². The van der Waals surface area contributed by atoms with Crippen LogP contribution in [0, 0.1) is 18.7 Å². The summed E-state index contributed by atoms with van der Waals surface area (Å²) in [7, 11) is 2.01. The molecule has 12 heteroatoms. The van der Waals surface area contributed by atoms with Gasteiger partial charge in [0.25, 0.3) is 11.8 Å². The van der Waals surface area contributed by atoms with Crippen LogP contribution in [-0.2, 0) is 5.72 Å². The summed E-state index contributed by atoms with van der Waals surface area (Å²) >= 11 is 0. The number of carbonyl (C=O) groups is 1. The van der Waals surface area contributed by atoms with E-state index in [2.05, 4.69) is 38.7 Å². The van der Waals surface area contributed by atoms with Crippen molar-refractivity contribution < 1.29 is 32.5 Å². The van der Waals surface area contributed by atoms with Crippen LogP contribution in [0.4, 0.5) is 18.9 Å². The van der Waals surface area contributed by atoms with Gasteiger partial charge in [-0.05, 0) is 116 Å². The van der Waals surface area contributed by atoms with Crippen molar-refractivity contribution in [3.63, 3.8) is 0 Å². The van der Waals surface area contributed by atoms with Crippen molar-refractivity contribution in [1.29, 1.82) is 0 Å². The van der Waals surface area contributed by atoms with E-state index in [0.29, 0.717) is 23.3 Å². The minimum atomic E-state index is -3.47. The zero-order chi connectivity index (χ0) is 37.2. The quantitative estimate of drug-likeness (QED) is 0.145. The van der Waals surface area contributed by atoms with E-state index < -0.39 is 46.3 Å². The lowest BCUT2D eigenvalue weighted by Crippen LogP contribution is -2.53. The number of hydrogen-bond donors (Lipinski definition) is 3. The summed E-state index contributed by atoms with van der Waals surface area (Å²) in [4.78, 5) is 24.3. The van der Waals surface area contributed by atoms with Crippen molar-refractivity contribution in [3.8, 4) is 11.5 Å². The van der Waals surface area contributed by atoms with Crippen molar-refractivity contribution in [2.75, 3.05) is 26.7 Å². The molecule has 272 valence electrons. The molecule has 2 aliphatic heterocycles. The Morgan fingerprint density at radius 1 is 1.24 bits per heavy atom. The molecule has 2 atom stereocenters. The summed E-state index contributed by atoms with van der Waals surface area (Å²) in [5.41, 5.74) is -1.68. The molecule has 1 fully saturated rings. The number of rotatable bonds is 9. The van der Waals surface area contributed by atoms with Crippen molar-refractivity contribution in [1.82, 2.24) is 15.5 Å². The molecular formula is C38H50F3N5O4. The smallest absolute Gasteiger partial charge is 0.279 e. The fraction of sp³-hybridized carbons (Fsp3) is 0.500. The highest BCUT2D eigenvalue weighted by atomic mass is 19.3. The van der Waals surface area contributed by atoms with Gasteiger partial charge in [-0.3, -0.25) is 10.1 Å². The number of aliphatic hydroxyl groups is 1. The predicted molar refractivity (Wildman–Crippen MR) is 191 cm³/mol. The molecule has 9 nitrogen and oxygen atoms in total. The standard InChI is InChI=1S/C38H50F3N5O4/c1-11-23(4)33(43-29-20-28(39)27(19-24(29)5)34(47)42-26-15-17-46(10)18-16-26)44-35(25(6)38(40,41)22(2)3)50-31-14-12-13-30-32(31)37(9,48)45-36(7,8)21-49-30/h12-14,19-20,25-26,45,48H,2,4,11,15-18,21H2,1,3,5-10H3,(H,42,47). The Bertz CT molecular complexity index is 1690. The Hall–Kier alpha value is -4.00. The molecular weight excluding hydrogens is 647 g/mol. The highest BCUT2D eigenvalue weighted by Crippen LogP contribution is 2.41. The van der Waals surface area contributed by atoms with E-state index in [1.807, 2.05) is 20.9 Å². The molecule has 1 amide bonds. The Kier molecular flexibility index (Phi) is 11.7. The van der Waals surface area contributed by atoms with Crippen molar-refractivity contribution in [3.05, 3.63) is 77.1 Å². The second-order valence-corrected chi connectivity index (χ2v) is 14.2. The molecule has 50 heavy (non-hydrogen) atoms. The van der Waals surface area contributed by atoms with Gasteiger partial charge < -0.3 is 24.8 Å². The van der Waals surface area contributed by atoms with Gasteiger partial charge in [-0.2, -0.15) is 4.99 Å². The number of fused-ring (bicyclic) bond motifs is 1. The number of alkyl halides is 2. The first kappa shape index (κ1) is 38.8. The van der Waals surface area contributed by atoms with Crippen LogP contribution in [0.5, 0.6) is 11.5 Å². The first-order chi connectivity index (χ1) is 23.3. The van der Waals surface area contributed by atoms with Crippen LogP contribution in [0.15, 0.2) is 64.6 Å². The van der Waals surface area contributed by atoms with Gasteiger partial charge in [0, 0.05) is 17.6 Å². The molecule has 2 aromatic carbocycles. The zero-order valence-electron chi connectivity index (χ0n) is 30.3. The van der Waals surface area contributed by atoms with E-state index in [1.165, 1.54) is 32.9 Å². The molecule has 0 spiro atoms. The Morgan fingerprint density at radius 3 is 2.52 bits per heavy atom. The molecule has 4 rings (SSSR count).